The highest BCUT2D eigenvalue weighted by atomic mass is 32.2. The predicted molar refractivity (Wildman–Crippen MR) is 89.8 cm³/mol. The van der Waals surface area contributed by atoms with Crippen LogP contribution in [0.4, 0.5) is 0 Å². The lowest BCUT2D eigenvalue weighted by atomic mass is 9.48. The smallest absolute Gasteiger partial charge is 0.267 e. The van der Waals surface area contributed by atoms with E-state index < -0.39 is 10.1 Å². The van der Waals surface area contributed by atoms with Crippen molar-refractivity contribution in [2.45, 2.75) is 62.7 Å². The molecule has 4 bridgehead atoms. The third-order valence-electron chi connectivity index (χ3n) is 6.29. The first kappa shape index (κ1) is 15.6. The van der Waals surface area contributed by atoms with E-state index in [2.05, 4.69) is 13.0 Å². The molecule has 0 saturated heterocycles. The van der Waals surface area contributed by atoms with Crippen LogP contribution in [-0.2, 0) is 19.7 Å². The second kappa shape index (κ2) is 5.32. The molecule has 0 unspecified atom stereocenters. The zero-order chi connectivity index (χ0) is 16.2. The lowest BCUT2D eigenvalue weighted by Gasteiger charge is -2.57. The van der Waals surface area contributed by atoms with Crippen LogP contribution in [-0.4, -0.2) is 15.0 Å². The molecule has 0 aliphatic heterocycles. The van der Waals surface area contributed by atoms with Gasteiger partial charge in [0.25, 0.3) is 10.1 Å². The summed E-state index contributed by atoms with van der Waals surface area (Å²) in [6, 6.07) is 5.79. The zero-order valence-corrected chi connectivity index (χ0v) is 14.9. The normalized spacial score (nSPS) is 35.7. The van der Waals surface area contributed by atoms with Gasteiger partial charge in [0, 0.05) is 0 Å². The standard InChI is InChI=1S/C19H26O3S/c1-3-22-23(20,21)18-5-4-13(2)6-17(18)19-10-14-7-15(11-19)9-16(8-14)12-19/h4-6,14-16H,3,7-12H2,1-2H3. The van der Waals surface area contributed by atoms with Gasteiger partial charge in [-0.15, -0.1) is 0 Å². The van der Waals surface area contributed by atoms with Crippen molar-refractivity contribution in [2.24, 2.45) is 17.8 Å². The van der Waals surface area contributed by atoms with Crippen LogP contribution in [0.15, 0.2) is 23.1 Å². The maximum atomic E-state index is 12.6. The van der Waals surface area contributed by atoms with E-state index in [-0.39, 0.29) is 12.0 Å². The largest absolute Gasteiger partial charge is 0.297 e. The SMILES string of the molecule is CCOS(=O)(=O)c1ccc(C)cc1C12CC3CC(CC(C3)C1)C2. The molecule has 4 aliphatic rings. The van der Waals surface area contributed by atoms with E-state index >= 15 is 0 Å². The van der Waals surface area contributed by atoms with Crippen LogP contribution >= 0.6 is 0 Å². The fourth-order valence-corrected chi connectivity index (χ4v) is 7.15. The number of hydrogen-bond acceptors (Lipinski definition) is 3. The first-order valence-electron chi connectivity index (χ1n) is 8.92. The third kappa shape index (κ3) is 2.54. The van der Waals surface area contributed by atoms with Crippen molar-refractivity contribution in [1.29, 1.82) is 0 Å². The van der Waals surface area contributed by atoms with Gasteiger partial charge in [0.1, 0.15) is 0 Å². The molecule has 23 heavy (non-hydrogen) atoms. The van der Waals surface area contributed by atoms with Gasteiger partial charge in [-0.3, -0.25) is 4.18 Å². The Morgan fingerprint density at radius 1 is 1.09 bits per heavy atom. The number of rotatable bonds is 4. The Labute approximate surface area is 139 Å². The Balaban J connectivity index is 1.84. The van der Waals surface area contributed by atoms with E-state index in [9.17, 15) is 8.42 Å². The van der Waals surface area contributed by atoms with Gasteiger partial charge in [-0.1, -0.05) is 17.7 Å². The Morgan fingerprint density at radius 2 is 1.65 bits per heavy atom. The Morgan fingerprint density at radius 3 is 2.17 bits per heavy atom. The number of aryl methyl sites for hydroxylation is 1. The first-order chi connectivity index (χ1) is 10.9. The average molecular weight is 334 g/mol. The molecule has 4 saturated carbocycles. The van der Waals surface area contributed by atoms with Crippen LogP contribution < -0.4 is 0 Å². The van der Waals surface area contributed by atoms with Crippen molar-refractivity contribution < 1.29 is 12.6 Å². The molecule has 0 spiro atoms. The van der Waals surface area contributed by atoms with Crippen LogP contribution in [0.1, 0.15) is 56.6 Å². The first-order valence-corrected chi connectivity index (χ1v) is 10.3. The molecule has 1 aromatic carbocycles. The molecule has 4 fully saturated rings. The highest BCUT2D eigenvalue weighted by Crippen LogP contribution is 2.61. The van der Waals surface area contributed by atoms with Gasteiger partial charge >= 0.3 is 0 Å². The van der Waals surface area contributed by atoms with E-state index in [1.807, 2.05) is 6.07 Å². The summed E-state index contributed by atoms with van der Waals surface area (Å²) in [5.74, 6) is 2.39. The molecule has 4 aliphatic carbocycles. The minimum Gasteiger partial charge on any atom is -0.267 e. The van der Waals surface area contributed by atoms with E-state index in [0.29, 0.717) is 4.90 Å². The summed E-state index contributed by atoms with van der Waals surface area (Å²) in [5.41, 5.74) is 2.26. The Kier molecular flexibility index (Phi) is 3.62. The van der Waals surface area contributed by atoms with Gasteiger partial charge in [0.05, 0.1) is 11.5 Å². The quantitative estimate of drug-likeness (QED) is 0.776. The monoisotopic (exact) mass is 334 g/mol. The lowest BCUT2D eigenvalue weighted by Crippen LogP contribution is -2.49. The van der Waals surface area contributed by atoms with Crippen molar-refractivity contribution in [3.8, 4) is 0 Å². The van der Waals surface area contributed by atoms with E-state index in [1.165, 1.54) is 19.3 Å². The molecule has 5 rings (SSSR count). The van der Waals surface area contributed by atoms with Crippen molar-refractivity contribution >= 4 is 10.1 Å². The summed E-state index contributed by atoms with van der Waals surface area (Å²) in [6.07, 6.45) is 7.57. The Hall–Kier alpha value is -0.870. The molecular weight excluding hydrogens is 308 g/mol. The van der Waals surface area contributed by atoms with Gasteiger partial charge < -0.3 is 0 Å². The zero-order valence-electron chi connectivity index (χ0n) is 14.0. The van der Waals surface area contributed by atoms with Gasteiger partial charge in [-0.2, -0.15) is 8.42 Å². The van der Waals surface area contributed by atoms with Gasteiger partial charge in [-0.05, 0) is 87.2 Å². The van der Waals surface area contributed by atoms with Crippen molar-refractivity contribution in [3.63, 3.8) is 0 Å². The minimum atomic E-state index is -3.65. The maximum Gasteiger partial charge on any atom is 0.297 e. The fraction of sp³-hybridized carbons (Fsp3) is 0.684. The summed E-state index contributed by atoms with van der Waals surface area (Å²) in [4.78, 5) is 0.423. The number of hydrogen-bond donors (Lipinski definition) is 0. The van der Waals surface area contributed by atoms with Gasteiger partial charge in [0.2, 0.25) is 0 Å². The lowest BCUT2D eigenvalue weighted by molar-refractivity contribution is -0.00659. The van der Waals surface area contributed by atoms with Gasteiger partial charge in [-0.25, -0.2) is 0 Å². The third-order valence-corrected chi connectivity index (χ3v) is 7.73. The summed E-state index contributed by atoms with van der Waals surface area (Å²) >= 11 is 0. The van der Waals surface area contributed by atoms with Crippen molar-refractivity contribution in [2.75, 3.05) is 6.61 Å². The molecule has 0 amide bonds. The van der Waals surface area contributed by atoms with E-state index in [0.717, 1.165) is 48.1 Å². The fourth-order valence-electron chi connectivity index (χ4n) is 5.94. The maximum absolute atomic E-state index is 12.6. The highest BCUT2D eigenvalue weighted by molar-refractivity contribution is 7.86. The minimum absolute atomic E-state index is 0.0697. The topological polar surface area (TPSA) is 43.4 Å². The number of benzene rings is 1. The molecule has 0 heterocycles. The summed E-state index contributed by atoms with van der Waals surface area (Å²) in [5, 5.41) is 0. The molecule has 126 valence electrons. The van der Waals surface area contributed by atoms with Crippen LogP contribution in [0.2, 0.25) is 0 Å². The molecule has 1 aromatic rings. The molecule has 0 N–H and O–H groups in total. The van der Waals surface area contributed by atoms with Crippen LogP contribution in [0.5, 0.6) is 0 Å². The van der Waals surface area contributed by atoms with E-state index in [4.69, 9.17) is 4.18 Å². The van der Waals surface area contributed by atoms with Gasteiger partial charge in [0.15, 0.2) is 0 Å². The highest BCUT2D eigenvalue weighted by Gasteiger charge is 2.52. The molecule has 0 atom stereocenters. The average Bonchev–Trinajstić information content (AvgIpc) is 2.45. The summed E-state index contributed by atoms with van der Waals surface area (Å²) < 4.78 is 30.4. The molecular formula is C19H26O3S. The van der Waals surface area contributed by atoms with E-state index in [1.54, 1.807) is 13.0 Å². The molecule has 4 heteroatoms. The van der Waals surface area contributed by atoms with Crippen molar-refractivity contribution in [3.05, 3.63) is 29.3 Å². The second-order valence-corrected chi connectivity index (χ2v) is 9.64. The van der Waals surface area contributed by atoms with Crippen LogP contribution in [0.25, 0.3) is 0 Å². The Bertz CT molecular complexity index is 685. The summed E-state index contributed by atoms with van der Waals surface area (Å²) in [7, 11) is -3.65. The predicted octanol–water partition coefficient (Wildman–Crippen LogP) is 4.19. The van der Waals surface area contributed by atoms with Crippen LogP contribution in [0, 0.1) is 24.7 Å². The summed E-state index contributed by atoms with van der Waals surface area (Å²) in [6.45, 7) is 3.98. The molecule has 0 aromatic heterocycles. The molecule has 3 nitrogen and oxygen atoms in total. The second-order valence-electron chi connectivity index (χ2n) is 8.06. The van der Waals surface area contributed by atoms with Crippen molar-refractivity contribution in [1.82, 2.24) is 0 Å². The van der Waals surface area contributed by atoms with Crippen LogP contribution in [0.3, 0.4) is 0 Å². The molecule has 0 radical (unpaired) electrons.